The molecule has 2 aromatic rings. The number of benzene rings is 1. The van der Waals surface area contributed by atoms with Crippen molar-refractivity contribution in [1.82, 2.24) is 4.98 Å². The highest BCUT2D eigenvalue weighted by molar-refractivity contribution is 5.76. The van der Waals surface area contributed by atoms with Gasteiger partial charge >= 0.3 is 0 Å². The van der Waals surface area contributed by atoms with Gasteiger partial charge in [-0.25, -0.2) is 4.98 Å². The number of hydrogen-bond acceptors (Lipinski definition) is 4. The van der Waals surface area contributed by atoms with Crippen LogP contribution in [0.1, 0.15) is 24.8 Å². The number of nitrogen functional groups attached to an aromatic ring is 1. The van der Waals surface area contributed by atoms with Crippen molar-refractivity contribution < 1.29 is 9.15 Å². The van der Waals surface area contributed by atoms with Gasteiger partial charge < -0.3 is 14.9 Å². The zero-order valence-electron chi connectivity index (χ0n) is 8.27. The fourth-order valence-corrected chi connectivity index (χ4v) is 1.87. The molecular weight excluding hydrogens is 192 g/mol. The predicted octanol–water partition coefficient (Wildman–Crippen LogP) is 2.26. The Balaban J connectivity index is 2.05. The topological polar surface area (TPSA) is 61.3 Å². The second kappa shape index (κ2) is 3.24. The van der Waals surface area contributed by atoms with Gasteiger partial charge in [0.2, 0.25) is 5.89 Å². The molecule has 78 valence electrons. The van der Waals surface area contributed by atoms with Gasteiger partial charge in [0.1, 0.15) is 11.6 Å². The lowest BCUT2D eigenvalue weighted by Crippen LogP contribution is -1.94. The molecule has 0 bridgehead atoms. The number of oxazole rings is 1. The summed E-state index contributed by atoms with van der Waals surface area (Å²) in [6, 6.07) is 5.48. The predicted molar refractivity (Wildman–Crippen MR) is 56.3 cm³/mol. The van der Waals surface area contributed by atoms with Crippen LogP contribution in [0, 0.1) is 0 Å². The van der Waals surface area contributed by atoms with Crippen molar-refractivity contribution in [2.45, 2.75) is 18.9 Å². The first-order chi connectivity index (χ1) is 7.33. The summed E-state index contributed by atoms with van der Waals surface area (Å²) in [5.41, 5.74) is 7.94. The van der Waals surface area contributed by atoms with Gasteiger partial charge in [0.15, 0.2) is 5.58 Å². The Hall–Kier alpha value is -1.55. The number of hydrogen-bond donors (Lipinski definition) is 1. The summed E-state index contributed by atoms with van der Waals surface area (Å²) in [6.45, 7) is 0.797. The van der Waals surface area contributed by atoms with E-state index < -0.39 is 0 Å². The standard InChI is InChI=1S/C11H12N2O2/c12-7-3-4-8-10(6-7)15-11(13-8)9-2-1-5-14-9/h3-4,6,9H,1-2,5,12H2. The molecule has 4 heteroatoms. The zero-order valence-corrected chi connectivity index (χ0v) is 8.27. The minimum absolute atomic E-state index is 0.0265. The lowest BCUT2D eigenvalue weighted by atomic mass is 10.2. The molecule has 3 rings (SSSR count). The summed E-state index contributed by atoms with van der Waals surface area (Å²) < 4.78 is 11.1. The van der Waals surface area contributed by atoms with Gasteiger partial charge in [-0.05, 0) is 25.0 Å². The van der Waals surface area contributed by atoms with E-state index in [9.17, 15) is 0 Å². The van der Waals surface area contributed by atoms with Crippen molar-refractivity contribution in [3.63, 3.8) is 0 Å². The van der Waals surface area contributed by atoms with E-state index in [0.717, 1.165) is 30.5 Å². The molecule has 2 heterocycles. The first-order valence-corrected chi connectivity index (χ1v) is 5.10. The molecule has 4 nitrogen and oxygen atoms in total. The third-order valence-electron chi connectivity index (χ3n) is 2.63. The Labute approximate surface area is 87.0 Å². The van der Waals surface area contributed by atoms with Gasteiger partial charge in [-0.15, -0.1) is 0 Å². The van der Waals surface area contributed by atoms with Crippen LogP contribution in [0.25, 0.3) is 11.1 Å². The van der Waals surface area contributed by atoms with Crippen LogP contribution in [0.2, 0.25) is 0 Å². The summed E-state index contributed by atoms with van der Waals surface area (Å²) in [7, 11) is 0. The van der Waals surface area contributed by atoms with E-state index in [1.165, 1.54) is 0 Å². The van der Waals surface area contributed by atoms with Gasteiger partial charge in [-0.3, -0.25) is 0 Å². The number of aromatic nitrogens is 1. The molecule has 15 heavy (non-hydrogen) atoms. The molecule has 1 aliphatic rings. The van der Waals surface area contributed by atoms with E-state index in [1.54, 1.807) is 6.07 Å². The molecule has 0 aliphatic carbocycles. The maximum Gasteiger partial charge on any atom is 0.224 e. The molecule has 1 unspecified atom stereocenters. The molecule has 1 aliphatic heterocycles. The summed E-state index contributed by atoms with van der Waals surface area (Å²) >= 11 is 0. The van der Waals surface area contributed by atoms with Gasteiger partial charge in [0, 0.05) is 18.4 Å². The highest BCUT2D eigenvalue weighted by atomic mass is 16.5. The molecular formula is C11H12N2O2. The average molecular weight is 204 g/mol. The Bertz CT molecular complexity index is 486. The van der Waals surface area contributed by atoms with E-state index >= 15 is 0 Å². The second-order valence-corrected chi connectivity index (χ2v) is 3.78. The first kappa shape index (κ1) is 8.73. The highest BCUT2D eigenvalue weighted by Crippen LogP contribution is 2.30. The fourth-order valence-electron chi connectivity index (χ4n) is 1.87. The van der Waals surface area contributed by atoms with E-state index in [1.807, 2.05) is 12.1 Å². The third kappa shape index (κ3) is 1.47. The number of anilines is 1. The molecule has 1 saturated heterocycles. The van der Waals surface area contributed by atoms with Crippen LogP contribution in [0.15, 0.2) is 22.6 Å². The number of fused-ring (bicyclic) bond motifs is 1. The van der Waals surface area contributed by atoms with E-state index in [4.69, 9.17) is 14.9 Å². The van der Waals surface area contributed by atoms with Crippen LogP contribution < -0.4 is 5.73 Å². The third-order valence-corrected chi connectivity index (χ3v) is 2.63. The van der Waals surface area contributed by atoms with E-state index in [0.29, 0.717) is 11.6 Å². The molecule has 0 radical (unpaired) electrons. The zero-order chi connectivity index (χ0) is 10.3. The van der Waals surface area contributed by atoms with Crippen LogP contribution in [-0.4, -0.2) is 11.6 Å². The summed E-state index contributed by atoms with van der Waals surface area (Å²) in [5.74, 6) is 0.674. The molecule has 1 atom stereocenters. The normalized spacial score (nSPS) is 21.2. The number of rotatable bonds is 1. The fraction of sp³-hybridized carbons (Fsp3) is 0.364. The molecule has 0 saturated carbocycles. The van der Waals surface area contributed by atoms with Crippen molar-refractivity contribution in [3.8, 4) is 0 Å². The number of nitrogens with zero attached hydrogens (tertiary/aromatic N) is 1. The largest absolute Gasteiger partial charge is 0.438 e. The average Bonchev–Trinajstić information content (AvgIpc) is 2.84. The van der Waals surface area contributed by atoms with Gasteiger partial charge in [0.25, 0.3) is 0 Å². The van der Waals surface area contributed by atoms with Crippen molar-refractivity contribution >= 4 is 16.8 Å². The van der Waals surface area contributed by atoms with Gasteiger partial charge in [0.05, 0.1) is 0 Å². The van der Waals surface area contributed by atoms with Gasteiger partial charge in [-0.1, -0.05) is 0 Å². The number of nitrogens with two attached hydrogens (primary N) is 1. The van der Waals surface area contributed by atoms with Crippen molar-refractivity contribution in [2.75, 3.05) is 12.3 Å². The summed E-state index contributed by atoms with van der Waals surface area (Å²) in [5, 5.41) is 0. The minimum Gasteiger partial charge on any atom is -0.438 e. The SMILES string of the molecule is Nc1ccc2nc(C3CCCO3)oc2c1. The molecule has 2 N–H and O–H groups in total. The van der Waals surface area contributed by atoms with E-state index in [-0.39, 0.29) is 6.10 Å². The van der Waals surface area contributed by atoms with Crippen molar-refractivity contribution in [2.24, 2.45) is 0 Å². The van der Waals surface area contributed by atoms with E-state index in [2.05, 4.69) is 4.98 Å². The monoisotopic (exact) mass is 204 g/mol. The maximum atomic E-state index is 5.67. The summed E-state index contributed by atoms with van der Waals surface area (Å²) in [6.07, 6.45) is 2.09. The molecule has 1 fully saturated rings. The Kier molecular flexibility index (Phi) is 1.89. The molecule has 0 amide bonds. The Morgan fingerprint density at radius 1 is 1.40 bits per heavy atom. The lowest BCUT2D eigenvalue weighted by Gasteiger charge is -2.01. The van der Waals surface area contributed by atoms with Crippen LogP contribution in [0.4, 0.5) is 5.69 Å². The maximum absolute atomic E-state index is 5.67. The number of ether oxygens (including phenoxy) is 1. The van der Waals surface area contributed by atoms with Crippen LogP contribution in [0.5, 0.6) is 0 Å². The summed E-state index contributed by atoms with van der Waals surface area (Å²) in [4.78, 5) is 4.39. The second-order valence-electron chi connectivity index (χ2n) is 3.78. The first-order valence-electron chi connectivity index (χ1n) is 5.10. The lowest BCUT2D eigenvalue weighted by molar-refractivity contribution is 0.0907. The van der Waals surface area contributed by atoms with Gasteiger partial charge in [-0.2, -0.15) is 0 Å². The Morgan fingerprint density at radius 3 is 3.13 bits per heavy atom. The smallest absolute Gasteiger partial charge is 0.224 e. The quantitative estimate of drug-likeness (QED) is 0.724. The minimum atomic E-state index is 0.0265. The van der Waals surface area contributed by atoms with Crippen LogP contribution in [-0.2, 0) is 4.74 Å². The Morgan fingerprint density at radius 2 is 2.33 bits per heavy atom. The molecule has 1 aromatic heterocycles. The van der Waals surface area contributed by atoms with Crippen LogP contribution in [0.3, 0.4) is 0 Å². The van der Waals surface area contributed by atoms with Crippen LogP contribution >= 0.6 is 0 Å². The highest BCUT2D eigenvalue weighted by Gasteiger charge is 2.22. The molecule has 0 spiro atoms. The van der Waals surface area contributed by atoms with Crippen molar-refractivity contribution in [1.29, 1.82) is 0 Å². The van der Waals surface area contributed by atoms with Crippen molar-refractivity contribution in [3.05, 3.63) is 24.1 Å². The molecule has 1 aromatic carbocycles.